The Morgan fingerprint density at radius 2 is 2.29 bits per heavy atom. The molecule has 2 rings (SSSR count). The van der Waals surface area contributed by atoms with Gasteiger partial charge in [0, 0.05) is 27.9 Å². The van der Waals surface area contributed by atoms with Crippen molar-refractivity contribution in [3.05, 3.63) is 33.8 Å². The van der Waals surface area contributed by atoms with Crippen molar-refractivity contribution >= 4 is 35.0 Å². The molecule has 17 heavy (non-hydrogen) atoms. The van der Waals surface area contributed by atoms with Crippen LogP contribution in [0.15, 0.2) is 18.2 Å². The first-order valence-electron chi connectivity index (χ1n) is 5.99. The van der Waals surface area contributed by atoms with Crippen molar-refractivity contribution in [2.45, 2.75) is 31.8 Å². The first-order chi connectivity index (χ1) is 8.20. The van der Waals surface area contributed by atoms with Gasteiger partial charge in [-0.3, -0.25) is 0 Å². The van der Waals surface area contributed by atoms with Crippen LogP contribution < -0.4 is 5.32 Å². The molecule has 0 amide bonds. The van der Waals surface area contributed by atoms with E-state index in [0.29, 0.717) is 17.1 Å². The van der Waals surface area contributed by atoms with Crippen LogP contribution >= 0.6 is 35.0 Å². The van der Waals surface area contributed by atoms with Gasteiger partial charge in [-0.05, 0) is 36.3 Å². The van der Waals surface area contributed by atoms with E-state index in [9.17, 15) is 0 Å². The fourth-order valence-electron chi connectivity index (χ4n) is 2.16. The molecule has 0 bridgehead atoms. The maximum atomic E-state index is 6.26. The van der Waals surface area contributed by atoms with Crippen molar-refractivity contribution < 1.29 is 0 Å². The smallest absolute Gasteiger partial charge is 0.0468 e. The highest BCUT2D eigenvalue weighted by Gasteiger charge is 2.20. The zero-order chi connectivity index (χ0) is 12.3. The average molecular weight is 290 g/mol. The summed E-state index contributed by atoms with van der Waals surface area (Å²) in [5.74, 6) is 2.48. The first kappa shape index (κ1) is 13.5. The summed E-state index contributed by atoms with van der Waals surface area (Å²) >= 11 is 14.2. The Kier molecular flexibility index (Phi) is 5.04. The Morgan fingerprint density at radius 1 is 1.47 bits per heavy atom. The number of rotatable bonds is 4. The van der Waals surface area contributed by atoms with Gasteiger partial charge in [-0.1, -0.05) is 36.2 Å². The summed E-state index contributed by atoms with van der Waals surface area (Å²) in [5, 5.41) is 5.16. The molecule has 2 atom stereocenters. The van der Waals surface area contributed by atoms with Gasteiger partial charge in [0.1, 0.15) is 0 Å². The summed E-state index contributed by atoms with van der Waals surface area (Å²) in [6.07, 6.45) is 2.30. The minimum atomic E-state index is 0.337. The predicted octanol–water partition coefficient (Wildman–Crippen LogP) is 4.54. The lowest BCUT2D eigenvalue weighted by Crippen LogP contribution is -2.32. The second-order valence-corrected chi connectivity index (χ2v) is 6.35. The Balaban J connectivity index is 2.10. The molecular formula is C13H17Cl2NS. The number of halogens is 2. The van der Waals surface area contributed by atoms with Crippen molar-refractivity contribution in [2.24, 2.45) is 0 Å². The van der Waals surface area contributed by atoms with Crippen LogP contribution in [0.4, 0.5) is 0 Å². The molecule has 0 radical (unpaired) electrons. The summed E-state index contributed by atoms with van der Waals surface area (Å²) in [5.41, 5.74) is 1.16. The van der Waals surface area contributed by atoms with E-state index in [-0.39, 0.29) is 0 Å². The minimum Gasteiger partial charge on any atom is -0.306 e. The molecule has 2 unspecified atom stereocenters. The van der Waals surface area contributed by atoms with Crippen molar-refractivity contribution in [1.29, 1.82) is 0 Å². The third-order valence-electron chi connectivity index (χ3n) is 3.11. The molecule has 1 aliphatic heterocycles. The quantitative estimate of drug-likeness (QED) is 0.873. The molecule has 1 heterocycles. The third-order valence-corrected chi connectivity index (χ3v) is 4.84. The van der Waals surface area contributed by atoms with Gasteiger partial charge in [-0.25, -0.2) is 0 Å². The largest absolute Gasteiger partial charge is 0.306 e. The Hall–Kier alpha value is 0.110. The third kappa shape index (κ3) is 3.54. The van der Waals surface area contributed by atoms with Crippen LogP contribution in [-0.2, 0) is 0 Å². The highest BCUT2D eigenvalue weighted by atomic mass is 35.5. The monoisotopic (exact) mass is 289 g/mol. The minimum absolute atomic E-state index is 0.337. The van der Waals surface area contributed by atoms with Crippen molar-refractivity contribution in [1.82, 2.24) is 5.32 Å². The SMILES string of the molecule is CCC(NC1CCSC1)c1ccc(Cl)cc1Cl. The van der Waals surface area contributed by atoms with Crippen LogP contribution in [0, 0.1) is 0 Å². The molecule has 1 N–H and O–H groups in total. The number of thioether (sulfide) groups is 1. The van der Waals surface area contributed by atoms with Crippen molar-refractivity contribution in [2.75, 3.05) is 11.5 Å². The molecule has 1 aromatic rings. The highest BCUT2D eigenvalue weighted by Crippen LogP contribution is 2.29. The van der Waals surface area contributed by atoms with Crippen LogP contribution in [-0.4, -0.2) is 17.5 Å². The van der Waals surface area contributed by atoms with Gasteiger partial charge < -0.3 is 5.32 Å². The molecule has 0 aromatic heterocycles. The normalized spacial score (nSPS) is 21.7. The zero-order valence-electron chi connectivity index (χ0n) is 9.88. The van der Waals surface area contributed by atoms with Gasteiger partial charge in [0.05, 0.1) is 0 Å². The fourth-order valence-corrected chi connectivity index (χ4v) is 3.87. The first-order valence-corrected chi connectivity index (χ1v) is 7.90. The predicted molar refractivity (Wildman–Crippen MR) is 78.4 cm³/mol. The number of hydrogen-bond donors (Lipinski definition) is 1. The van der Waals surface area contributed by atoms with Crippen LogP contribution in [0.1, 0.15) is 31.4 Å². The maximum absolute atomic E-state index is 6.26. The Labute approximate surface area is 117 Å². The van der Waals surface area contributed by atoms with Crippen molar-refractivity contribution in [3.8, 4) is 0 Å². The molecule has 0 aliphatic carbocycles. The maximum Gasteiger partial charge on any atom is 0.0468 e. The fraction of sp³-hybridized carbons (Fsp3) is 0.538. The lowest BCUT2D eigenvalue weighted by Gasteiger charge is -2.22. The number of hydrogen-bond acceptors (Lipinski definition) is 2. The second-order valence-electron chi connectivity index (χ2n) is 4.35. The van der Waals surface area contributed by atoms with Crippen LogP contribution in [0.25, 0.3) is 0 Å². The average Bonchev–Trinajstić information content (AvgIpc) is 2.79. The van der Waals surface area contributed by atoms with E-state index in [1.165, 1.54) is 17.9 Å². The molecule has 1 aliphatic rings. The number of nitrogens with one attached hydrogen (secondary N) is 1. The van der Waals surface area contributed by atoms with Gasteiger partial charge >= 0.3 is 0 Å². The summed E-state index contributed by atoms with van der Waals surface area (Å²) in [6.45, 7) is 2.19. The summed E-state index contributed by atoms with van der Waals surface area (Å²) < 4.78 is 0. The van der Waals surface area contributed by atoms with Gasteiger partial charge in [-0.15, -0.1) is 0 Å². The van der Waals surface area contributed by atoms with Crippen LogP contribution in [0.5, 0.6) is 0 Å². The molecule has 1 nitrogen and oxygen atoms in total. The number of benzene rings is 1. The summed E-state index contributed by atoms with van der Waals surface area (Å²) in [4.78, 5) is 0. The Morgan fingerprint density at radius 3 is 2.88 bits per heavy atom. The topological polar surface area (TPSA) is 12.0 Å². The standard InChI is InChI=1S/C13H17Cl2NS/c1-2-13(16-10-5-6-17-8-10)11-4-3-9(14)7-12(11)15/h3-4,7,10,13,16H,2,5-6,8H2,1H3. The zero-order valence-corrected chi connectivity index (χ0v) is 12.2. The van der Waals surface area contributed by atoms with E-state index in [4.69, 9.17) is 23.2 Å². The Bertz CT molecular complexity index is 378. The molecular weight excluding hydrogens is 273 g/mol. The lowest BCUT2D eigenvalue weighted by molar-refractivity contribution is 0.451. The van der Waals surface area contributed by atoms with Crippen molar-refractivity contribution in [3.63, 3.8) is 0 Å². The second kappa shape index (κ2) is 6.33. The summed E-state index contributed by atoms with van der Waals surface area (Å²) in [7, 11) is 0. The highest BCUT2D eigenvalue weighted by molar-refractivity contribution is 7.99. The lowest BCUT2D eigenvalue weighted by atomic mass is 10.0. The molecule has 4 heteroatoms. The summed E-state index contributed by atoms with van der Waals surface area (Å²) in [6, 6.07) is 6.73. The molecule has 0 spiro atoms. The van der Waals surface area contributed by atoms with E-state index in [0.717, 1.165) is 17.0 Å². The van der Waals surface area contributed by atoms with E-state index >= 15 is 0 Å². The van der Waals surface area contributed by atoms with Gasteiger partial charge in [-0.2, -0.15) is 11.8 Å². The molecule has 94 valence electrons. The van der Waals surface area contributed by atoms with E-state index in [1.54, 1.807) is 0 Å². The van der Waals surface area contributed by atoms with Gasteiger partial charge in [0.15, 0.2) is 0 Å². The van der Waals surface area contributed by atoms with Gasteiger partial charge in [0.2, 0.25) is 0 Å². The van der Waals surface area contributed by atoms with E-state index in [2.05, 4.69) is 12.2 Å². The molecule has 0 saturated carbocycles. The molecule has 1 saturated heterocycles. The van der Waals surface area contributed by atoms with Crippen LogP contribution in [0.3, 0.4) is 0 Å². The van der Waals surface area contributed by atoms with Gasteiger partial charge in [0.25, 0.3) is 0 Å². The molecule has 1 fully saturated rings. The van der Waals surface area contributed by atoms with Crippen LogP contribution in [0.2, 0.25) is 10.0 Å². The van der Waals surface area contributed by atoms with E-state index in [1.807, 2.05) is 30.0 Å². The van der Waals surface area contributed by atoms with E-state index < -0.39 is 0 Å². The molecule has 1 aromatic carbocycles.